The van der Waals surface area contributed by atoms with Gasteiger partial charge >= 0.3 is 6.03 Å². The molecule has 3 aromatic rings. The maximum absolute atomic E-state index is 12.8. The quantitative estimate of drug-likeness (QED) is 0.563. The molecule has 0 radical (unpaired) electrons. The Morgan fingerprint density at radius 1 is 1.23 bits per heavy atom. The summed E-state index contributed by atoms with van der Waals surface area (Å²) in [5.74, 6) is 1.56. The number of carbonyl (C=O) groups is 1. The van der Waals surface area contributed by atoms with Crippen LogP contribution >= 0.6 is 11.6 Å². The van der Waals surface area contributed by atoms with Gasteiger partial charge in [-0.15, -0.1) is 0 Å². The van der Waals surface area contributed by atoms with Crippen LogP contribution in [0, 0.1) is 0 Å². The van der Waals surface area contributed by atoms with Gasteiger partial charge < -0.3 is 14.7 Å². The Hall–Kier alpha value is -2.86. The Morgan fingerprint density at radius 2 is 2.03 bits per heavy atom. The zero-order valence-electron chi connectivity index (χ0n) is 17.1. The molecule has 1 atom stereocenters. The van der Waals surface area contributed by atoms with Gasteiger partial charge in [0.25, 0.3) is 0 Å². The molecule has 1 fully saturated rings. The highest BCUT2D eigenvalue weighted by Crippen LogP contribution is 2.28. The van der Waals surface area contributed by atoms with E-state index in [4.69, 9.17) is 16.1 Å². The zero-order chi connectivity index (χ0) is 21.1. The van der Waals surface area contributed by atoms with Gasteiger partial charge in [0.05, 0.1) is 5.92 Å². The van der Waals surface area contributed by atoms with Crippen LogP contribution in [0.2, 0.25) is 5.02 Å². The summed E-state index contributed by atoms with van der Waals surface area (Å²) in [7, 11) is 0. The maximum Gasteiger partial charge on any atom is 0.321 e. The molecular formula is C23H25ClN4O2. The first-order valence-electron chi connectivity index (χ1n) is 10.2. The van der Waals surface area contributed by atoms with Gasteiger partial charge in [-0.05, 0) is 48.6 Å². The van der Waals surface area contributed by atoms with E-state index in [2.05, 4.69) is 41.4 Å². The van der Waals surface area contributed by atoms with Gasteiger partial charge in [-0.25, -0.2) is 4.79 Å². The highest BCUT2D eigenvalue weighted by Gasteiger charge is 2.29. The van der Waals surface area contributed by atoms with E-state index in [0.717, 1.165) is 24.1 Å². The molecule has 2 amide bonds. The van der Waals surface area contributed by atoms with E-state index in [1.165, 1.54) is 5.56 Å². The summed E-state index contributed by atoms with van der Waals surface area (Å²) in [5.41, 5.74) is 2.86. The second-order valence-electron chi connectivity index (χ2n) is 7.96. The average molecular weight is 425 g/mol. The molecule has 4 rings (SSSR count). The Kier molecular flexibility index (Phi) is 6.04. The van der Waals surface area contributed by atoms with E-state index >= 15 is 0 Å². The fourth-order valence-corrected chi connectivity index (χ4v) is 3.85. The molecule has 1 N–H and O–H groups in total. The van der Waals surface area contributed by atoms with Crippen LogP contribution in [0.5, 0.6) is 0 Å². The molecule has 1 aliphatic rings. The minimum atomic E-state index is -0.105. The highest BCUT2D eigenvalue weighted by molar-refractivity contribution is 6.30. The first-order valence-corrected chi connectivity index (χ1v) is 10.6. The molecule has 156 valence electrons. The lowest BCUT2D eigenvalue weighted by atomic mass is 9.98. The van der Waals surface area contributed by atoms with Gasteiger partial charge in [-0.3, -0.25) is 0 Å². The maximum atomic E-state index is 12.8. The van der Waals surface area contributed by atoms with Crippen molar-refractivity contribution in [3.8, 4) is 11.4 Å². The molecule has 1 saturated heterocycles. The fourth-order valence-electron chi connectivity index (χ4n) is 3.66. The summed E-state index contributed by atoms with van der Waals surface area (Å²) in [6.07, 6.45) is 1.79. The molecule has 1 aliphatic heterocycles. The minimum Gasteiger partial charge on any atom is -0.339 e. The first kappa shape index (κ1) is 20.4. The molecule has 30 heavy (non-hydrogen) atoms. The second kappa shape index (κ2) is 8.88. The summed E-state index contributed by atoms with van der Waals surface area (Å²) in [6.45, 7) is 5.56. The lowest BCUT2D eigenvalue weighted by molar-refractivity contribution is 0.184. The minimum absolute atomic E-state index is 0.0215. The van der Waals surface area contributed by atoms with Crippen LogP contribution < -0.4 is 5.32 Å². The van der Waals surface area contributed by atoms with E-state index in [1.54, 1.807) is 12.1 Å². The molecule has 1 aromatic heterocycles. The first-order chi connectivity index (χ1) is 14.5. The third kappa shape index (κ3) is 4.65. The van der Waals surface area contributed by atoms with Crippen LogP contribution in [0.15, 0.2) is 53.1 Å². The predicted molar refractivity (Wildman–Crippen MR) is 118 cm³/mol. The zero-order valence-corrected chi connectivity index (χ0v) is 17.9. The number of anilines is 1. The van der Waals surface area contributed by atoms with E-state index in [0.29, 0.717) is 35.7 Å². The van der Waals surface area contributed by atoms with Crippen molar-refractivity contribution in [2.24, 2.45) is 0 Å². The van der Waals surface area contributed by atoms with Crippen LogP contribution in [0.3, 0.4) is 0 Å². The van der Waals surface area contributed by atoms with E-state index < -0.39 is 0 Å². The van der Waals surface area contributed by atoms with Crippen molar-refractivity contribution in [1.29, 1.82) is 0 Å². The summed E-state index contributed by atoms with van der Waals surface area (Å²) < 4.78 is 5.52. The number of carbonyl (C=O) groups excluding carboxylic acids is 1. The van der Waals surface area contributed by atoms with Gasteiger partial charge in [-0.1, -0.05) is 54.9 Å². The van der Waals surface area contributed by atoms with Crippen molar-refractivity contribution in [2.45, 2.75) is 38.5 Å². The highest BCUT2D eigenvalue weighted by atomic mass is 35.5. The SMILES string of the molecule is CC(C)c1ccc(NC(=O)N2CCCC(c3nc(-c4cccc(Cl)c4)no3)C2)cc1. The van der Waals surface area contributed by atoms with Gasteiger partial charge in [0, 0.05) is 29.4 Å². The molecule has 6 nitrogen and oxygen atoms in total. The molecule has 2 heterocycles. The van der Waals surface area contributed by atoms with Crippen LogP contribution in [0.4, 0.5) is 10.5 Å². The molecule has 2 aromatic carbocycles. The number of benzene rings is 2. The summed E-state index contributed by atoms with van der Waals surface area (Å²) >= 11 is 6.06. The Labute approximate surface area is 181 Å². The van der Waals surface area contributed by atoms with Crippen molar-refractivity contribution in [3.63, 3.8) is 0 Å². The van der Waals surface area contributed by atoms with Gasteiger partial charge in [0.15, 0.2) is 0 Å². The van der Waals surface area contributed by atoms with Crippen LogP contribution in [0.1, 0.15) is 50.0 Å². The lowest BCUT2D eigenvalue weighted by Gasteiger charge is -2.31. The third-order valence-electron chi connectivity index (χ3n) is 5.41. The molecule has 1 unspecified atom stereocenters. The number of amides is 2. The fraction of sp³-hybridized carbons (Fsp3) is 0.348. The molecular weight excluding hydrogens is 400 g/mol. The number of nitrogens with zero attached hydrogens (tertiary/aromatic N) is 3. The van der Waals surface area contributed by atoms with E-state index in [-0.39, 0.29) is 11.9 Å². The molecule has 0 spiro atoms. The van der Waals surface area contributed by atoms with Gasteiger partial charge in [-0.2, -0.15) is 4.98 Å². The van der Waals surface area contributed by atoms with Crippen molar-refractivity contribution < 1.29 is 9.32 Å². The number of aromatic nitrogens is 2. The number of rotatable bonds is 4. The number of likely N-dealkylation sites (tertiary alicyclic amines) is 1. The largest absolute Gasteiger partial charge is 0.339 e. The van der Waals surface area contributed by atoms with Crippen molar-refractivity contribution in [3.05, 3.63) is 65.0 Å². The number of halogens is 1. The topological polar surface area (TPSA) is 71.3 Å². The Morgan fingerprint density at radius 3 is 2.77 bits per heavy atom. The standard InChI is InChI=1S/C23H25ClN4O2/c1-15(2)16-8-10-20(11-9-16)25-23(29)28-12-4-6-18(14-28)22-26-21(27-30-22)17-5-3-7-19(24)13-17/h3,5,7-11,13,15,18H,4,6,12,14H2,1-2H3,(H,25,29). The number of urea groups is 1. The van der Waals surface area contributed by atoms with Crippen LogP contribution in [-0.4, -0.2) is 34.2 Å². The number of nitrogens with one attached hydrogen (secondary N) is 1. The smallest absolute Gasteiger partial charge is 0.321 e. The number of hydrogen-bond donors (Lipinski definition) is 1. The molecule has 0 bridgehead atoms. The van der Waals surface area contributed by atoms with E-state index in [9.17, 15) is 4.79 Å². The van der Waals surface area contributed by atoms with Gasteiger partial charge in [0.2, 0.25) is 11.7 Å². The number of piperidine rings is 1. The van der Waals surface area contributed by atoms with Crippen LogP contribution in [0.25, 0.3) is 11.4 Å². The monoisotopic (exact) mass is 424 g/mol. The third-order valence-corrected chi connectivity index (χ3v) is 5.65. The van der Waals surface area contributed by atoms with Crippen molar-refractivity contribution in [2.75, 3.05) is 18.4 Å². The normalized spacial score (nSPS) is 16.7. The Bertz CT molecular complexity index is 1020. The molecule has 0 saturated carbocycles. The summed E-state index contributed by atoms with van der Waals surface area (Å²) in [4.78, 5) is 19.1. The van der Waals surface area contributed by atoms with Crippen molar-refractivity contribution >= 4 is 23.3 Å². The second-order valence-corrected chi connectivity index (χ2v) is 8.40. The van der Waals surface area contributed by atoms with Crippen LogP contribution in [-0.2, 0) is 0 Å². The summed E-state index contributed by atoms with van der Waals surface area (Å²) in [6, 6.07) is 15.3. The number of hydrogen-bond acceptors (Lipinski definition) is 4. The lowest BCUT2D eigenvalue weighted by Crippen LogP contribution is -2.41. The average Bonchev–Trinajstić information content (AvgIpc) is 3.25. The van der Waals surface area contributed by atoms with Crippen molar-refractivity contribution in [1.82, 2.24) is 15.0 Å². The Balaban J connectivity index is 1.41. The van der Waals surface area contributed by atoms with E-state index in [1.807, 2.05) is 29.2 Å². The summed E-state index contributed by atoms with van der Waals surface area (Å²) in [5, 5.41) is 7.72. The molecule has 7 heteroatoms. The van der Waals surface area contributed by atoms with Gasteiger partial charge in [0.1, 0.15) is 0 Å². The predicted octanol–water partition coefficient (Wildman–Crippen LogP) is 5.92. The molecule has 0 aliphatic carbocycles.